The van der Waals surface area contributed by atoms with Crippen LogP contribution in [-0.2, 0) is 0 Å². The van der Waals surface area contributed by atoms with E-state index in [2.05, 4.69) is 27.7 Å². The van der Waals surface area contributed by atoms with Gasteiger partial charge >= 0.3 is 11.9 Å². The molecule has 0 saturated heterocycles. The van der Waals surface area contributed by atoms with Crippen LogP contribution in [0.25, 0.3) is 0 Å². The SMILES string of the molecule is CCCCC[C@H](CC)c1ccc(C(=O)O)c(C(=O)O)c1[C@@H](CC)CCCCC. The molecule has 2 N–H and O–H groups in total. The number of aromatic carboxylic acids is 2. The van der Waals surface area contributed by atoms with Crippen LogP contribution in [0.1, 0.15) is 136 Å². The summed E-state index contributed by atoms with van der Waals surface area (Å²) in [5.74, 6) is -1.91. The minimum absolute atomic E-state index is 0.0160. The summed E-state index contributed by atoms with van der Waals surface area (Å²) in [6.45, 7) is 8.56. The van der Waals surface area contributed by atoms with Gasteiger partial charge in [0.05, 0.1) is 11.1 Å². The van der Waals surface area contributed by atoms with Gasteiger partial charge in [0.25, 0.3) is 0 Å². The summed E-state index contributed by atoms with van der Waals surface area (Å²) >= 11 is 0. The molecular weight excluding hydrogens is 352 g/mol. The topological polar surface area (TPSA) is 74.6 Å². The van der Waals surface area contributed by atoms with E-state index in [9.17, 15) is 19.8 Å². The van der Waals surface area contributed by atoms with Crippen molar-refractivity contribution >= 4 is 11.9 Å². The Bertz CT molecular complexity index is 636. The second kappa shape index (κ2) is 12.6. The number of benzene rings is 1. The summed E-state index contributed by atoms with van der Waals surface area (Å²) in [7, 11) is 0. The van der Waals surface area contributed by atoms with Crippen LogP contribution < -0.4 is 0 Å². The van der Waals surface area contributed by atoms with Gasteiger partial charge < -0.3 is 10.2 Å². The van der Waals surface area contributed by atoms with Gasteiger partial charge in [0, 0.05) is 0 Å². The third-order valence-electron chi connectivity index (χ3n) is 5.87. The number of hydrogen-bond acceptors (Lipinski definition) is 2. The zero-order valence-electron chi connectivity index (χ0n) is 18.1. The van der Waals surface area contributed by atoms with E-state index in [-0.39, 0.29) is 23.0 Å². The van der Waals surface area contributed by atoms with Crippen LogP contribution in [-0.4, -0.2) is 22.2 Å². The monoisotopic (exact) mass is 390 g/mol. The van der Waals surface area contributed by atoms with Crippen molar-refractivity contribution in [1.29, 1.82) is 0 Å². The molecule has 0 fully saturated rings. The second-order valence-corrected chi connectivity index (χ2v) is 7.80. The fourth-order valence-electron chi connectivity index (χ4n) is 4.25. The van der Waals surface area contributed by atoms with Crippen LogP contribution in [0.15, 0.2) is 12.1 Å². The van der Waals surface area contributed by atoms with Gasteiger partial charge in [0.2, 0.25) is 0 Å². The van der Waals surface area contributed by atoms with Gasteiger partial charge in [-0.2, -0.15) is 0 Å². The summed E-state index contributed by atoms with van der Waals surface area (Å²) in [4.78, 5) is 23.9. The fourth-order valence-corrected chi connectivity index (χ4v) is 4.25. The first kappa shape index (κ1) is 24.2. The molecule has 4 nitrogen and oxygen atoms in total. The number of hydrogen-bond donors (Lipinski definition) is 2. The van der Waals surface area contributed by atoms with E-state index >= 15 is 0 Å². The van der Waals surface area contributed by atoms with E-state index in [1.54, 1.807) is 0 Å². The molecule has 0 bridgehead atoms. The predicted molar refractivity (Wildman–Crippen MR) is 115 cm³/mol. The molecule has 1 aromatic rings. The van der Waals surface area contributed by atoms with Crippen LogP contribution in [0.5, 0.6) is 0 Å². The first-order valence-electron chi connectivity index (χ1n) is 11.1. The maximum atomic E-state index is 12.2. The van der Waals surface area contributed by atoms with Gasteiger partial charge in [-0.15, -0.1) is 0 Å². The lowest BCUT2D eigenvalue weighted by Crippen LogP contribution is -2.18. The molecule has 0 aliphatic rings. The van der Waals surface area contributed by atoms with Crippen molar-refractivity contribution in [3.05, 3.63) is 34.4 Å². The molecule has 0 aliphatic heterocycles. The highest BCUT2D eigenvalue weighted by atomic mass is 16.4. The molecular formula is C24H38O4. The molecule has 1 rings (SSSR count). The minimum atomic E-state index is -1.16. The van der Waals surface area contributed by atoms with Crippen molar-refractivity contribution in [3.63, 3.8) is 0 Å². The average Bonchev–Trinajstić information content (AvgIpc) is 2.68. The average molecular weight is 391 g/mol. The lowest BCUT2D eigenvalue weighted by molar-refractivity contribution is 0.0649. The molecule has 0 radical (unpaired) electrons. The highest BCUT2D eigenvalue weighted by Gasteiger charge is 2.29. The Morgan fingerprint density at radius 3 is 1.75 bits per heavy atom. The summed E-state index contributed by atoms with van der Waals surface area (Å²) in [6, 6.07) is 3.40. The summed E-state index contributed by atoms with van der Waals surface area (Å²) in [6.07, 6.45) is 10.4. The maximum absolute atomic E-state index is 12.2. The molecule has 158 valence electrons. The van der Waals surface area contributed by atoms with Gasteiger partial charge in [-0.3, -0.25) is 0 Å². The van der Waals surface area contributed by atoms with E-state index in [1.807, 2.05) is 6.07 Å². The fraction of sp³-hybridized carbons (Fsp3) is 0.667. The number of rotatable bonds is 14. The van der Waals surface area contributed by atoms with Crippen molar-refractivity contribution in [2.75, 3.05) is 0 Å². The van der Waals surface area contributed by atoms with Crippen LogP contribution in [0.2, 0.25) is 0 Å². The van der Waals surface area contributed by atoms with Gasteiger partial charge in [-0.05, 0) is 54.7 Å². The Balaban J connectivity index is 3.53. The number of carboxylic acid groups (broad SMARTS) is 2. The van der Waals surface area contributed by atoms with Crippen LogP contribution >= 0.6 is 0 Å². The Hall–Kier alpha value is -1.84. The van der Waals surface area contributed by atoms with E-state index in [0.717, 1.165) is 68.9 Å². The Morgan fingerprint density at radius 2 is 1.32 bits per heavy atom. The molecule has 2 atom stereocenters. The molecule has 0 spiro atoms. The van der Waals surface area contributed by atoms with Crippen molar-refractivity contribution in [2.45, 2.75) is 104 Å². The molecule has 0 unspecified atom stereocenters. The Labute approximate surface area is 170 Å². The molecule has 0 aromatic heterocycles. The molecule has 0 saturated carbocycles. The zero-order chi connectivity index (χ0) is 21.1. The van der Waals surface area contributed by atoms with Gasteiger partial charge in [-0.25, -0.2) is 9.59 Å². The lowest BCUT2D eigenvalue weighted by Gasteiger charge is -2.27. The predicted octanol–water partition coefficient (Wildman–Crippen LogP) is 7.23. The van der Waals surface area contributed by atoms with Gasteiger partial charge in [0.1, 0.15) is 0 Å². The van der Waals surface area contributed by atoms with Gasteiger partial charge in [0.15, 0.2) is 0 Å². The number of carbonyl (C=O) groups is 2. The smallest absolute Gasteiger partial charge is 0.336 e. The van der Waals surface area contributed by atoms with Crippen LogP contribution in [0, 0.1) is 0 Å². The summed E-state index contributed by atoms with van der Waals surface area (Å²) < 4.78 is 0. The van der Waals surface area contributed by atoms with Crippen molar-refractivity contribution in [3.8, 4) is 0 Å². The van der Waals surface area contributed by atoms with Crippen molar-refractivity contribution in [1.82, 2.24) is 0 Å². The van der Waals surface area contributed by atoms with E-state index in [0.29, 0.717) is 0 Å². The lowest BCUT2D eigenvalue weighted by atomic mass is 9.77. The highest BCUT2D eigenvalue weighted by molar-refractivity contribution is 6.03. The number of unbranched alkanes of at least 4 members (excludes halogenated alkanes) is 4. The third kappa shape index (κ3) is 6.35. The highest BCUT2D eigenvalue weighted by Crippen LogP contribution is 2.39. The Morgan fingerprint density at radius 1 is 0.786 bits per heavy atom. The van der Waals surface area contributed by atoms with Gasteiger partial charge in [-0.1, -0.05) is 72.3 Å². The normalized spacial score (nSPS) is 13.3. The minimum Gasteiger partial charge on any atom is -0.478 e. The quantitative estimate of drug-likeness (QED) is 0.328. The summed E-state index contributed by atoms with van der Waals surface area (Å²) in [5, 5.41) is 19.5. The van der Waals surface area contributed by atoms with Crippen LogP contribution in [0.4, 0.5) is 0 Å². The van der Waals surface area contributed by atoms with Crippen molar-refractivity contribution < 1.29 is 19.8 Å². The molecule has 0 amide bonds. The standard InChI is InChI=1S/C24H38O4/c1-5-9-11-13-17(7-3)19-15-16-20(23(25)26)22(24(27)28)21(19)18(8-4)14-12-10-6-2/h15-18H,5-14H2,1-4H3,(H,25,26)(H,27,28)/t17-,18-/m0/s1. The largest absolute Gasteiger partial charge is 0.478 e. The second-order valence-electron chi connectivity index (χ2n) is 7.80. The molecule has 0 aliphatic carbocycles. The summed E-state index contributed by atoms with van der Waals surface area (Å²) in [5.41, 5.74) is 1.78. The third-order valence-corrected chi connectivity index (χ3v) is 5.87. The van der Waals surface area contributed by atoms with Crippen LogP contribution in [0.3, 0.4) is 0 Å². The first-order valence-corrected chi connectivity index (χ1v) is 11.1. The molecule has 1 aromatic carbocycles. The Kier molecular flexibility index (Phi) is 10.9. The maximum Gasteiger partial charge on any atom is 0.336 e. The molecule has 4 heteroatoms. The molecule has 0 heterocycles. The number of carboxylic acids is 2. The van der Waals surface area contributed by atoms with Crippen molar-refractivity contribution in [2.24, 2.45) is 0 Å². The zero-order valence-corrected chi connectivity index (χ0v) is 18.1. The van der Waals surface area contributed by atoms with E-state index < -0.39 is 11.9 Å². The van der Waals surface area contributed by atoms with E-state index in [4.69, 9.17) is 0 Å². The molecule has 28 heavy (non-hydrogen) atoms. The van der Waals surface area contributed by atoms with E-state index in [1.165, 1.54) is 12.5 Å². The first-order chi connectivity index (χ1) is 13.4.